The molecule has 1 atom stereocenters. The molecule has 3 rings (SSSR count). The van der Waals surface area contributed by atoms with Gasteiger partial charge in [0.25, 0.3) is 0 Å². The number of anilines is 1. The Morgan fingerprint density at radius 2 is 2.00 bits per heavy atom. The molecule has 1 saturated carbocycles. The molecular weight excluding hydrogens is 339 g/mol. The summed E-state index contributed by atoms with van der Waals surface area (Å²) in [6, 6.07) is 0.210. The highest BCUT2D eigenvalue weighted by molar-refractivity contribution is 5.98. The van der Waals surface area contributed by atoms with Crippen LogP contribution in [0.1, 0.15) is 32.6 Å². The van der Waals surface area contributed by atoms with Crippen molar-refractivity contribution >= 4 is 47.6 Å². The van der Waals surface area contributed by atoms with Crippen LogP contribution in [0.3, 0.4) is 0 Å². The molecule has 9 heteroatoms. The third-order valence-corrected chi connectivity index (χ3v) is 4.38. The highest BCUT2D eigenvalue weighted by Gasteiger charge is 2.28. The van der Waals surface area contributed by atoms with E-state index in [1.54, 1.807) is 6.20 Å². The van der Waals surface area contributed by atoms with E-state index in [0.717, 1.165) is 31.1 Å². The van der Waals surface area contributed by atoms with E-state index in [0.29, 0.717) is 17.4 Å². The fourth-order valence-electron chi connectivity index (χ4n) is 2.99. The first-order valence-corrected chi connectivity index (χ1v) is 7.35. The van der Waals surface area contributed by atoms with Gasteiger partial charge in [0.2, 0.25) is 5.91 Å². The Morgan fingerprint density at radius 1 is 1.30 bits per heavy atom. The van der Waals surface area contributed by atoms with Crippen molar-refractivity contribution in [2.45, 2.75) is 38.6 Å². The maximum atomic E-state index is 12.4. The highest BCUT2D eigenvalue weighted by Crippen LogP contribution is 2.31. The van der Waals surface area contributed by atoms with E-state index in [-0.39, 0.29) is 42.7 Å². The molecule has 2 aromatic heterocycles. The van der Waals surface area contributed by atoms with E-state index in [1.165, 1.54) is 6.33 Å². The average Bonchev–Trinajstić information content (AvgIpc) is 2.97. The molecule has 23 heavy (non-hydrogen) atoms. The summed E-state index contributed by atoms with van der Waals surface area (Å²) in [4.78, 5) is 20.6. The van der Waals surface area contributed by atoms with Gasteiger partial charge in [0.05, 0.1) is 11.6 Å². The lowest BCUT2D eigenvalue weighted by atomic mass is 9.79. The number of hydrogen-bond acceptors (Lipinski definition) is 5. The smallest absolute Gasteiger partial charge is 0.228 e. The number of nitrogens with one attached hydrogen (secondary N) is 2. The molecule has 0 radical (unpaired) electrons. The van der Waals surface area contributed by atoms with Gasteiger partial charge in [-0.15, -0.1) is 24.8 Å². The number of fused-ring (bicyclic) bond motifs is 1. The van der Waals surface area contributed by atoms with Gasteiger partial charge in [-0.05, 0) is 38.5 Å². The average molecular weight is 361 g/mol. The molecule has 0 spiro atoms. The second-order valence-electron chi connectivity index (χ2n) is 5.81. The Kier molecular flexibility index (Phi) is 7.18. The first-order valence-electron chi connectivity index (χ1n) is 7.35. The third kappa shape index (κ3) is 4.31. The zero-order chi connectivity index (χ0) is 14.8. The molecule has 7 nitrogen and oxygen atoms in total. The lowest BCUT2D eigenvalue weighted by Crippen LogP contribution is -2.33. The number of nitrogens with two attached hydrogens (primary N) is 1. The van der Waals surface area contributed by atoms with Gasteiger partial charge >= 0.3 is 0 Å². The summed E-state index contributed by atoms with van der Waals surface area (Å²) in [5.74, 6) is 1.12. The lowest BCUT2D eigenvalue weighted by molar-refractivity contribution is -0.121. The van der Waals surface area contributed by atoms with E-state index in [4.69, 9.17) is 5.73 Å². The Hall–Kier alpha value is -1.44. The van der Waals surface area contributed by atoms with Gasteiger partial charge in [0.15, 0.2) is 5.65 Å². The second kappa shape index (κ2) is 8.42. The minimum Gasteiger partial charge on any atom is -0.328 e. The van der Waals surface area contributed by atoms with Crippen molar-refractivity contribution in [1.82, 2.24) is 20.2 Å². The molecule has 0 bridgehead atoms. The number of H-pyrrole nitrogens is 1. The fourth-order valence-corrected chi connectivity index (χ4v) is 2.99. The monoisotopic (exact) mass is 360 g/mol. The second-order valence-corrected chi connectivity index (χ2v) is 5.81. The molecular formula is C14H22Cl2N6O. The summed E-state index contributed by atoms with van der Waals surface area (Å²) in [5, 5.41) is 10.3. The van der Waals surface area contributed by atoms with Crippen LogP contribution in [0.2, 0.25) is 0 Å². The van der Waals surface area contributed by atoms with Crippen LogP contribution in [-0.2, 0) is 4.79 Å². The normalized spacial score (nSPS) is 21.8. The fraction of sp³-hybridized carbons (Fsp3) is 0.571. The number of nitrogens with zero attached hydrogens (tertiary/aromatic N) is 3. The number of hydrogen-bond donors (Lipinski definition) is 3. The van der Waals surface area contributed by atoms with E-state index in [9.17, 15) is 4.79 Å². The van der Waals surface area contributed by atoms with Gasteiger partial charge in [-0.1, -0.05) is 0 Å². The minimum absolute atomic E-state index is 0. The predicted molar refractivity (Wildman–Crippen MR) is 93.9 cm³/mol. The summed E-state index contributed by atoms with van der Waals surface area (Å²) in [6.45, 7) is 2.04. The van der Waals surface area contributed by atoms with Crippen LogP contribution in [0.25, 0.3) is 11.0 Å². The summed E-state index contributed by atoms with van der Waals surface area (Å²) in [6.07, 6.45) is 6.84. The Morgan fingerprint density at radius 3 is 2.65 bits per heavy atom. The molecule has 2 aromatic rings. The van der Waals surface area contributed by atoms with Gasteiger partial charge < -0.3 is 11.1 Å². The number of carbonyl (C=O) groups excluding carboxylic acids is 1. The van der Waals surface area contributed by atoms with Gasteiger partial charge in [-0.2, -0.15) is 5.10 Å². The lowest BCUT2D eigenvalue weighted by Gasteiger charge is -2.29. The van der Waals surface area contributed by atoms with Crippen molar-refractivity contribution in [2.75, 3.05) is 5.32 Å². The number of carbonyl (C=O) groups is 1. The predicted octanol–water partition coefficient (Wildman–Crippen LogP) is 2.29. The maximum absolute atomic E-state index is 12.4. The molecule has 1 aliphatic carbocycles. The first-order chi connectivity index (χ1) is 10.1. The molecule has 4 N–H and O–H groups in total. The van der Waals surface area contributed by atoms with E-state index < -0.39 is 0 Å². The Balaban J connectivity index is 0.00000132. The number of aromatic amines is 1. The quantitative estimate of drug-likeness (QED) is 0.777. The SMILES string of the molecule is CC(N)[C@H]1CC[C@H](C(=O)Nc2ncnc3[nH]ncc23)CC1.Cl.Cl. The molecule has 2 heterocycles. The van der Waals surface area contributed by atoms with Gasteiger partial charge in [0, 0.05) is 12.0 Å². The number of rotatable bonds is 3. The van der Waals surface area contributed by atoms with Crippen molar-refractivity contribution in [2.24, 2.45) is 17.6 Å². The molecule has 1 amide bonds. The topological polar surface area (TPSA) is 110 Å². The number of halogens is 2. The zero-order valence-corrected chi connectivity index (χ0v) is 14.5. The Bertz CT molecular complexity index is 639. The van der Waals surface area contributed by atoms with Crippen molar-refractivity contribution in [3.05, 3.63) is 12.5 Å². The molecule has 0 aromatic carbocycles. The molecule has 0 saturated heterocycles. The summed E-state index contributed by atoms with van der Waals surface area (Å²) >= 11 is 0. The van der Waals surface area contributed by atoms with Crippen molar-refractivity contribution in [1.29, 1.82) is 0 Å². The van der Waals surface area contributed by atoms with Gasteiger partial charge in [0.1, 0.15) is 12.1 Å². The van der Waals surface area contributed by atoms with Crippen LogP contribution in [0, 0.1) is 11.8 Å². The van der Waals surface area contributed by atoms with E-state index >= 15 is 0 Å². The number of amides is 1. The van der Waals surface area contributed by atoms with Crippen LogP contribution in [0.5, 0.6) is 0 Å². The largest absolute Gasteiger partial charge is 0.328 e. The van der Waals surface area contributed by atoms with Crippen molar-refractivity contribution < 1.29 is 4.79 Å². The van der Waals surface area contributed by atoms with Gasteiger partial charge in [-0.25, -0.2) is 9.97 Å². The minimum atomic E-state index is 0. The molecule has 1 unspecified atom stereocenters. The third-order valence-electron chi connectivity index (χ3n) is 4.38. The van der Waals surface area contributed by atoms with E-state index in [2.05, 4.69) is 25.5 Å². The van der Waals surface area contributed by atoms with Crippen LogP contribution in [0.4, 0.5) is 5.82 Å². The molecule has 1 aliphatic rings. The van der Waals surface area contributed by atoms with Crippen molar-refractivity contribution in [3.8, 4) is 0 Å². The summed E-state index contributed by atoms with van der Waals surface area (Å²) < 4.78 is 0. The van der Waals surface area contributed by atoms with Gasteiger partial charge in [-0.3, -0.25) is 9.89 Å². The maximum Gasteiger partial charge on any atom is 0.228 e. The standard InChI is InChI=1S/C14H20N6O.2ClH/c1-8(15)9-2-4-10(5-3-9)14(21)19-12-11-6-18-20-13(11)17-7-16-12;;/h6-10H,2-5,15H2,1H3,(H2,16,17,18,19,20,21);2*1H/t8?,9-,10-;;. The molecule has 0 aliphatic heterocycles. The van der Waals surface area contributed by atoms with Crippen LogP contribution in [-0.4, -0.2) is 32.1 Å². The van der Waals surface area contributed by atoms with Crippen LogP contribution in [0.15, 0.2) is 12.5 Å². The Labute approximate surface area is 147 Å². The summed E-state index contributed by atoms with van der Waals surface area (Å²) in [7, 11) is 0. The van der Waals surface area contributed by atoms with Crippen LogP contribution >= 0.6 is 24.8 Å². The summed E-state index contributed by atoms with van der Waals surface area (Å²) in [5.41, 5.74) is 6.56. The molecule has 128 valence electrons. The van der Waals surface area contributed by atoms with Crippen LogP contribution < -0.4 is 11.1 Å². The highest BCUT2D eigenvalue weighted by atomic mass is 35.5. The first kappa shape index (κ1) is 19.6. The number of aromatic nitrogens is 4. The van der Waals surface area contributed by atoms with E-state index in [1.807, 2.05) is 6.92 Å². The zero-order valence-electron chi connectivity index (χ0n) is 12.9. The molecule has 1 fully saturated rings. The van der Waals surface area contributed by atoms with Crippen molar-refractivity contribution in [3.63, 3.8) is 0 Å².